The van der Waals surface area contributed by atoms with Gasteiger partial charge in [-0.3, -0.25) is 4.79 Å². The van der Waals surface area contributed by atoms with Crippen LogP contribution in [-0.2, 0) is 6.42 Å². The number of nitrogens with zero attached hydrogens (tertiary/aromatic N) is 2. The Bertz CT molecular complexity index is 392. The topological polar surface area (TPSA) is 54.9 Å². The standard InChI is InChI=1S/C12H20ClN3OS/c1-4-5-9-10(18-16-15-9)11(17)14-8-12(2,3)6-7-13/h4-8H2,1-3H3,(H,14,17). The number of aromatic nitrogens is 2. The first-order valence-electron chi connectivity index (χ1n) is 6.15. The van der Waals surface area contributed by atoms with Crippen LogP contribution in [0.25, 0.3) is 0 Å². The molecule has 0 fully saturated rings. The minimum absolute atomic E-state index is 0.0143. The molecule has 18 heavy (non-hydrogen) atoms. The first kappa shape index (κ1) is 15.4. The van der Waals surface area contributed by atoms with Crippen molar-refractivity contribution in [3.05, 3.63) is 10.6 Å². The Morgan fingerprint density at radius 3 is 2.83 bits per heavy atom. The summed E-state index contributed by atoms with van der Waals surface area (Å²) < 4.78 is 3.85. The van der Waals surface area contributed by atoms with Gasteiger partial charge in [-0.25, -0.2) is 0 Å². The van der Waals surface area contributed by atoms with E-state index in [9.17, 15) is 4.79 Å². The van der Waals surface area contributed by atoms with Crippen molar-refractivity contribution in [2.24, 2.45) is 5.41 Å². The van der Waals surface area contributed by atoms with Crippen LogP contribution in [0.1, 0.15) is 49.0 Å². The van der Waals surface area contributed by atoms with Crippen molar-refractivity contribution in [1.29, 1.82) is 0 Å². The van der Waals surface area contributed by atoms with Gasteiger partial charge in [-0.2, -0.15) is 0 Å². The highest BCUT2D eigenvalue weighted by molar-refractivity contribution is 7.08. The van der Waals surface area contributed by atoms with E-state index in [0.29, 0.717) is 17.3 Å². The van der Waals surface area contributed by atoms with Gasteiger partial charge in [0.2, 0.25) is 0 Å². The number of carbonyl (C=O) groups is 1. The summed E-state index contributed by atoms with van der Waals surface area (Å²) in [6.45, 7) is 6.85. The van der Waals surface area contributed by atoms with Gasteiger partial charge in [0.05, 0.1) is 5.69 Å². The quantitative estimate of drug-likeness (QED) is 0.785. The molecule has 4 nitrogen and oxygen atoms in total. The van der Waals surface area contributed by atoms with E-state index in [1.165, 1.54) is 0 Å². The van der Waals surface area contributed by atoms with Crippen LogP contribution < -0.4 is 5.32 Å². The van der Waals surface area contributed by atoms with Gasteiger partial charge in [0.25, 0.3) is 5.91 Å². The Balaban J connectivity index is 2.57. The molecule has 6 heteroatoms. The van der Waals surface area contributed by atoms with Crippen molar-refractivity contribution in [2.45, 2.75) is 40.0 Å². The molecule has 1 aromatic rings. The molecule has 0 atom stereocenters. The summed E-state index contributed by atoms with van der Waals surface area (Å²) in [6, 6.07) is 0. The maximum Gasteiger partial charge on any atom is 0.264 e. The van der Waals surface area contributed by atoms with Crippen LogP contribution in [0.2, 0.25) is 0 Å². The van der Waals surface area contributed by atoms with Crippen LogP contribution in [0.4, 0.5) is 0 Å². The molecule has 1 aromatic heterocycles. The number of alkyl halides is 1. The van der Waals surface area contributed by atoms with Crippen LogP contribution in [-0.4, -0.2) is 27.9 Å². The molecule has 0 aromatic carbocycles. The van der Waals surface area contributed by atoms with E-state index in [1.807, 2.05) is 0 Å². The minimum atomic E-state index is -0.0731. The van der Waals surface area contributed by atoms with Crippen LogP contribution in [0, 0.1) is 5.41 Å². The van der Waals surface area contributed by atoms with E-state index in [1.54, 1.807) is 0 Å². The van der Waals surface area contributed by atoms with Crippen LogP contribution in [0.5, 0.6) is 0 Å². The average Bonchev–Trinajstić information content (AvgIpc) is 2.75. The number of carbonyl (C=O) groups excluding carboxylic acids is 1. The molecule has 0 spiro atoms. The molecule has 1 N–H and O–H groups in total. The molecule has 0 aliphatic carbocycles. The summed E-state index contributed by atoms with van der Waals surface area (Å²) in [4.78, 5) is 12.7. The lowest BCUT2D eigenvalue weighted by Gasteiger charge is -2.23. The zero-order valence-electron chi connectivity index (χ0n) is 11.1. The molecule has 0 radical (unpaired) electrons. The third-order valence-electron chi connectivity index (χ3n) is 2.75. The number of hydrogen-bond donors (Lipinski definition) is 1. The summed E-state index contributed by atoms with van der Waals surface area (Å²) in [6.07, 6.45) is 2.63. The minimum Gasteiger partial charge on any atom is -0.351 e. The Kier molecular flexibility index (Phi) is 6.02. The van der Waals surface area contributed by atoms with E-state index in [-0.39, 0.29) is 11.3 Å². The predicted octanol–water partition coefficient (Wildman–Crippen LogP) is 2.88. The van der Waals surface area contributed by atoms with Gasteiger partial charge in [0.1, 0.15) is 4.88 Å². The van der Waals surface area contributed by atoms with Gasteiger partial charge >= 0.3 is 0 Å². The second-order valence-electron chi connectivity index (χ2n) is 5.08. The molecular weight excluding hydrogens is 270 g/mol. The van der Waals surface area contributed by atoms with Crippen molar-refractivity contribution in [2.75, 3.05) is 12.4 Å². The monoisotopic (exact) mass is 289 g/mol. The first-order chi connectivity index (χ1) is 8.50. The number of rotatable bonds is 7. The molecule has 0 aliphatic rings. The number of halogens is 1. The van der Waals surface area contributed by atoms with Crippen molar-refractivity contribution < 1.29 is 4.79 Å². The van der Waals surface area contributed by atoms with Crippen molar-refractivity contribution in [3.8, 4) is 0 Å². The highest BCUT2D eigenvalue weighted by Gasteiger charge is 2.21. The molecular formula is C12H20ClN3OS. The summed E-state index contributed by atoms with van der Waals surface area (Å²) in [5.74, 6) is 0.530. The van der Waals surface area contributed by atoms with Gasteiger partial charge in [0.15, 0.2) is 0 Å². The lowest BCUT2D eigenvalue weighted by molar-refractivity contribution is 0.0939. The van der Waals surface area contributed by atoms with Crippen molar-refractivity contribution in [1.82, 2.24) is 14.9 Å². The molecule has 102 valence electrons. The fourth-order valence-corrected chi connectivity index (χ4v) is 2.66. The zero-order chi connectivity index (χ0) is 13.6. The van der Waals surface area contributed by atoms with E-state index >= 15 is 0 Å². The lowest BCUT2D eigenvalue weighted by atomic mass is 9.90. The van der Waals surface area contributed by atoms with Crippen LogP contribution in [0.3, 0.4) is 0 Å². The molecule has 0 bridgehead atoms. The molecule has 0 unspecified atom stereocenters. The lowest BCUT2D eigenvalue weighted by Crippen LogP contribution is -2.34. The molecule has 1 heterocycles. The molecule has 0 saturated carbocycles. The third-order valence-corrected chi connectivity index (χ3v) is 3.70. The van der Waals surface area contributed by atoms with Gasteiger partial charge in [-0.1, -0.05) is 31.7 Å². The zero-order valence-corrected chi connectivity index (χ0v) is 12.7. The molecule has 0 aliphatic heterocycles. The summed E-state index contributed by atoms with van der Waals surface area (Å²) >= 11 is 6.90. The van der Waals surface area contributed by atoms with Gasteiger partial charge in [-0.15, -0.1) is 16.7 Å². The van der Waals surface area contributed by atoms with E-state index in [2.05, 4.69) is 35.7 Å². The second kappa shape index (κ2) is 7.04. The van der Waals surface area contributed by atoms with Crippen LogP contribution in [0.15, 0.2) is 0 Å². The number of nitrogens with one attached hydrogen (secondary N) is 1. The normalized spacial score (nSPS) is 11.6. The molecule has 1 amide bonds. The Hall–Kier alpha value is -0.680. The van der Waals surface area contributed by atoms with E-state index < -0.39 is 0 Å². The fourth-order valence-electron chi connectivity index (χ4n) is 1.53. The Morgan fingerprint density at radius 1 is 1.50 bits per heavy atom. The summed E-state index contributed by atoms with van der Waals surface area (Å²) in [5.41, 5.74) is 0.815. The second-order valence-corrected chi connectivity index (χ2v) is 6.22. The van der Waals surface area contributed by atoms with Crippen molar-refractivity contribution >= 4 is 29.0 Å². The Morgan fingerprint density at radius 2 is 2.22 bits per heavy atom. The maximum absolute atomic E-state index is 12.0. The third kappa shape index (κ3) is 4.53. The van der Waals surface area contributed by atoms with E-state index in [4.69, 9.17) is 11.6 Å². The van der Waals surface area contributed by atoms with Gasteiger partial charge in [0, 0.05) is 12.4 Å². The van der Waals surface area contributed by atoms with Crippen molar-refractivity contribution in [3.63, 3.8) is 0 Å². The Labute approximate surface area is 117 Å². The van der Waals surface area contributed by atoms with Gasteiger partial charge < -0.3 is 5.32 Å². The average molecular weight is 290 g/mol. The number of hydrogen-bond acceptors (Lipinski definition) is 4. The first-order valence-corrected chi connectivity index (χ1v) is 7.46. The van der Waals surface area contributed by atoms with Crippen LogP contribution >= 0.6 is 23.1 Å². The highest BCUT2D eigenvalue weighted by Crippen LogP contribution is 2.20. The SMILES string of the molecule is CCCc1nnsc1C(=O)NCC(C)(C)CCCl. The number of amides is 1. The summed E-state index contributed by atoms with van der Waals surface area (Å²) in [5, 5.41) is 6.94. The predicted molar refractivity (Wildman–Crippen MR) is 75.4 cm³/mol. The van der Waals surface area contributed by atoms with E-state index in [0.717, 1.165) is 36.5 Å². The highest BCUT2D eigenvalue weighted by atomic mass is 35.5. The fraction of sp³-hybridized carbons (Fsp3) is 0.750. The largest absolute Gasteiger partial charge is 0.351 e. The smallest absolute Gasteiger partial charge is 0.264 e. The number of aryl methyl sites for hydroxylation is 1. The maximum atomic E-state index is 12.0. The summed E-state index contributed by atoms with van der Waals surface area (Å²) in [7, 11) is 0. The molecule has 0 saturated heterocycles. The molecule has 1 rings (SSSR count). The van der Waals surface area contributed by atoms with Gasteiger partial charge in [-0.05, 0) is 29.8 Å².